The molecule has 6 rings (SSSR count). The third kappa shape index (κ3) is 6.12. The third-order valence-corrected chi connectivity index (χ3v) is 10.00. The summed E-state index contributed by atoms with van der Waals surface area (Å²) in [5.74, 6) is 0.238. The van der Waals surface area contributed by atoms with E-state index in [0.29, 0.717) is 44.8 Å². The van der Waals surface area contributed by atoms with Crippen molar-refractivity contribution in [1.29, 1.82) is 5.26 Å². The number of carbonyl (C=O) groups excluding carboxylic acids is 1. The summed E-state index contributed by atoms with van der Waals surface area (Å²) < 4.78 is 20.3. The summed E-state index contributed by atoms with van der Waals surface area (Å²) in [6.07, 6.45) is 4.65. The van der Waals surface area contributed by atoms with Gasteiger partial charge in [-0.15, -0.1) is 11.6 Å². The maximum Gasteiger partial charge on any atom is 0.318 e. The Morgan fingerprint density at radius 2 is 2.00 bits per heavy atom. The summed E-state index contributed by atoms with van der Waals surface area (Å²) in [4.78, 5) is 30.9. The molecule has 230 valence electrons. The number of fused-ring (bicyclic) bond motifs is 2. The lowest BCUT2D eigenvalue weighted by Crippen LogP contribution is -2.57. The van der Waals surface area contributed by atoms with Crippen LogP contribution in [-0.2, 0) is 24.2 Å². The number of anilines is 2. The molecular formula is C32H41ClFN7O2. The van der Waals surface area contributed by atoms with Gasteiger partial charge in [0.2, 0.25) is 0 Å². The molecule has 0 bridgehead atoms. The molecule has 0 saturated carbocycles. The van der Waals surface area contributed by atoms with Crippen molar-refractivity contribution >= 4 is 29.0 Å². The number of hydrogen-bond acceptors (Lipinski definition) is 8. The summed E-state index contributed by atoms with van der Waals surface area (Å²) in [6.45, 7) is 5.49. The van der Waals surface area contributed by atoms with Gasteiger partial charge in [0.25, 0.3) is 5.91 Å². The van der Waals surface area contributed by atoms with Crippen molar-refractivity contribution < 1.29 is 13.9 Å². The molecule has 2 saturated heterocycles. The molecule has 4 aliphatic rings. The molecule has 1 aliphatic carbocycles. The molecule has 0 N–H and O–H groups in total. The largest absolute Gasteiger partial charge is 0.462 e. The fourth-order valence-electron chi connectivity index (χ4n) is 7.20. The smallest absolute Gasteiger partial charge is 0.318 e. The van der Waals surface area contributed by atoms with Crippen molar-refractivity contribution in [2.45, 2.75) is 82.0 Å². The van der Waals surface area contributed by atoms with Crippen molar-refractivity contribution in [3.63, 3.8) is 0 Å². The van der Waals surface area contributed by atoms with Gasteiger partial charge in [-0.05, 0) is 76.2 Å². The van der Waals surface area contributed by atoms with Gasteiger partial charge in [0.1, 0.15) is 12.4 Å². The lowest BCUT2D eigenvalue weighted by Gasteiger charge is -2.42. The molecule has 1 aromatic carbocycles. The minimum atomic E-state index is -1.60. The van der Waals surface area contributed by atoms with Crippen LogP contribution in [0.5, 0.6) is 6.01 Å². The van der Waals surface area contributed by atoms with Gasteiger partial charge >= 0.3 is 6.01 Å². The van der Waals surface area contributed by atoms with Crippen LogP contribution in [0, 0.1) is 11.3 Å². The average molecular weight is 610 g/mol. The van der Waals surface area contributed by atoms with E-state index in [2.05, 4.69) is 46.0 Å². The number of alkyl halides is 2. The molecule has 4 atom stereocenters. The fraction of sp³-hybridized carbons (Fsp3) is 0.625. The van der Waals surface area contributed by atoms with Gasteiger partial charge in [-0.3, -0.25) is 4.79 Å². The summed E-state index contributed by atoms with van der Waals surface area (Å²) in [5, 5.41) is 9.53. The van der Waals surface area contributed by atoms with E-state index in [1.54, 1.807) is 0 Å². The standard InChI is InChI=1S/C32H41ClFN7O2/c1-21(34)31(42)41-17-16-40(18-23(41)11-13-35)30-25-12-15-39(28-10-4-7-22-6-3-9-26(33)29(22)28)19-27(25)36-32(37-30)43-20-24-8-5-14-38(24)2/h4,7,10,21,23-24,26H,3,5-6,8-9,11-12,14-20H2,1-2H3/t21-,23-,24-,26-/m0/s1. The maximum absolute atomic E-state index is 14.0. The van der Waals surface area contributed by atoms with Crippen molar-refractivity contribution in [3.8, 4) is 12.1 Å². The molecule has 11 heteroatoms. The molecule has 43 heavy (non-hydrogen) atoms. The number of benzene rings is 1. The average Bonchev–Trinajstić information content (AvgIpc) is 3.43. The predicted molar refractivity (Wildman–Crippen MR) is 164 cm³/mol. The van der Waals surface area contributed by atoms with Crippen LogP contribution in [0.3, 0.4) is 0 Å². The number of nitrogens with zero attached hydrogens (tertiary/aromatic N) is 7. The Hall–Kier alpha value is -3.16. The van der Waals surface area contributed by atoms with E-state index < -0.39 is 18.1 Å². The number of piperazine rings is 1. The highest BCUT2D eigenvalue weighted by atomic mass is 35.5. The van der Waals surface area contributed by atoms with Crippen LogP contribution in [-0.4, -0.2) is 90.3 Å². The first-order valence-electron chi connectivity index (χ1n) is 15.6. The van der Waals surface area contributed by atoms with Crippen LogP contribution >= 0.6 is 11.6 Å². The van der Waals surface area contributed by atoms with Crippen LogP contribution in [0.4, 0.5) is 15.9 Å². The Labute approximate surface area is 258 Å². The van der Waals surface area contributed by atoms with Gasteiger partial charge in [-0.1, -0.05) is 12.1 Å². The van der Waals surface area contributed by atoms with Gasteiger partial charge in [0, 0.05) is 43.5 Å². The van der Waals surface area contributed by atoms with Crippen LogP contribution in [0.15, 0.2) is 18.2 Å². The summed E-state index contributed by atoms with van der Waals surface area (Å²) in [7, 11) is 2.12. The number of aromatic nitrogens is 2. The Balaban J connectivity index is 1.31. The summed E-state index contributed by atoms with van der Waals surface area (Å²) in [6, 6.07) is 8.96. The van der Waals surface area contributed by atoms with E-state index in [-0.39, 0.29) is 11.8 Å². The molecule has 2 aromatic rings. The molecule has 2 fully saturated rings. The number of carbonyl (C=O) groups is 1. The zero-order valence-corrected chi connectivity index (χ0v) is 25.9. The molecule has 3 aliphatic heterocycles. The molecule has 4 heterocycles. The van der Waals surface area contributed by atoms with Crippen molar-refractivity contribution in [1.82, 2.24) is 19.8 Å². The molecule has 0 radical (unpaired) electrons. The van der Waals surface area contributed by atoms with Crippen LogP contribution in [0.1, 0.15) is 66.8 Å². The second-order valence-electron chi connectivity index (χ2n) is 12.3. The SMILES string of the molecule is C[C@H](F)C(=O)N1CCN(c2nc(OC[C@@H]3CCCN3C)nc3c2CCN(c2cccc4c2[C@@H](Cl)CCC4)C3)C[C@@H]1CC#N. The minimum Gasteiger partial charge on any atom is -0.462 e. The highest BCUT2D eigenvalue weighted by Gasteiger charge is 2.36. The predicted octanol–water partition coefficient (Wildman–Crippen LogP) is 4.42. The number of hydrogen-bond donors (Lipinski definition) is 0. The molecule has 1 aromatic heterocycles. The number of likely N-dealkylation sites (tertiary alicyclic amines) is 1. The second kappa shape index (κ2) is 12.8. The monoisotopic (exact) mass is 609 g/mol. The highest BCUT2D eigenvalue weighted by Crippen LogP contribution is 2.42. The van der Waals surface area contributed by atoms with E-state index in [4.69, 9.17) is 26.3 Å². The molecular weight excluding hydrogens is 569 g/mol. The summed E-state index contributed by atoms with van der Waals surface area (Å²) >= 11 is 6.87. The second-order valence-corrected chi connectivity index (χ2v) is 12.9. The van der Waals surface area contributed by atoms with E-state index in [1.165, 1.54) is 28.6 Å². The van der Waals surface area contributed by atoms with Crippen LogP contribution in [0.25, 0.3) is 0 Å². The maximum atomic E-state index is 14.0. The first kappa shape index (κ1) is 29.9. The lowest BCUT2D eigenvalue weighted by molar-refractivity contribution is -0.138. The van der Waals surface area contributed by atoms with Crippen molar-refractivity contribution in [2.75, 3.05) is 56.2 Å². The number of ether oxygens (including phenoxy) is 1. The zero-order valence-electron chi connectivity index (χ0n) is 25.1. The first-order chi connectivity index (χ1) is 20.8. The molecule has 0 spiro atoms. The van der Waals surface area contributed by atoms with Crippen LogP contribution < -0.4 is 14.5 Å². The Morgan fingerprint density at radius 3 is 2.77 bits per heavy atom. The quantitative estimate of drug-likeness (QED) is 0.427. The van der Waals surface area contributed by atoms with Crippen molar-refractivity contribution in [3.05, 3.63) is 40.6 Å². The number of halogens is 2. The Morgan fingerprint density at radius 1 is 1.14 bits per heavy atom. The molecule has 9 nitrogen and oxygen atoms in total. The number of aryl methyl sites for hydroxylation is 1. The normalized spacial score (nSPS) is 24.7. The number of nitriles is 1. The summed E-state index contributed by atoms with van der Waals surface area (Å²) in [5.41, 5.74) is 5.76. The Bertz CT molecular complexity index is 1380. The van der Waals surface area contributed by atoms with Gasteiger partial charge in [-0.2, -0.15) is 15.2 Å². The zero-order chi connectivity index (χ0) is 30.1. The highest BCUT2D eigenvalue weighted by molar-refractivity contribution is 6.21. The number of amides is 1. The van der Waals surface area contributed by atoms with Gasteiger partial charge in [0.05, 0.1) is 36.1 Å². The van der Waals surface area contributed by atoms with E-state index >= 15 is 0 Å². The topological polar surface area (TPSA) is 88.8 Å². The minimum absolute atomic E-state index is 0.00714. The van der Waals surface area contributed by atoms with E-state index in [9.17, 15) is 14.4 Å². The molecule has 1 amide bonds. The molecule has 0 unspecified atom stereocenters. The van der Waals surface area contributed by atoms with Crippen LogP contribution in [0.2, 0.25) is 0 Å². The lowest BCUT2D eigenvalue weighted by atomic mass is 9.89. The van der Waals surface area contributed by atoms with Gasteiger partial charge in [-0.25, -0.2) is 4.39 Å². The van der Waals surface area contributed by atoms with Gasteiger partial charge < -0.3 is 24.3 Å². The first-order valence-corrected chi connectivity index (χ1v) is 16.1. The number of rotatable bonds is 7. The van der Waals surface area contributed by atoms with Crippen molar-refractivity contribution in [2.24, 2.45) is 0 Å². The number of likely N-dealkylation sites (N-methyl/N-ethyl adjacent to an activating group) is 1. The van der Waals surface area contributed by atoms with Gasteiger partial charge in [0.15, 0.2) is 6.17 Å². The van der Waals surface area contributed by atoms with E-state index in [0.717, 1.165) is 68.7 Å². The third-order valence-electron chi connectivity index (χ3n) is 9.56. The fourth-order valence-corrected chi connectivity index (χ4v) is 7.60. The van der Waals surface area contributed by atoms with E-state index in [1.807, 2.05) is 0 Å². The Kier molecular flexibility index (Phi) is 8.92.